The van der Waals surface area contributed by atoms with Gasteiger partial charge < -0.3 is 35.4 Å². The van der Waals surface area contributed by atoms with E-state index < -0.39 is 0 Å². The molecule has 7 heteroatoms. The van der Waals surface area contributed by atoms with E-state index in [1.807, 2.05) is 12.3 Å². The van der Waals surface area contributed by atoms with E-state index in [-0.39, 0.29) is 41.3 Å². The summed E-state index contributed by atoms with van der Waals surface area (Å²) in [5.74, 6) is 1.95. The van der Waals surface area contributed by atoms with Crippen LogP contribution in [0.25, 0.3) is 0 Å². The number of nitrogens with zero attached hydrogens (tertiary/aromatic N) is 2. The third-order valence-corrected chi connectivity index (χ3v) is 7.32. The van der Waals surface area contributed by atoms with Crippen molar-refractivity contribution in [1.29, 1.82) is 0 Å². The average molecular weight is 644 g/mol. The number of anilines is 2. The average Bonchev–Trinajstić information content (AvgIpc) is 2.88. The van der Waals surface area contributed by atoms with Gasteiger partial charge in [-0.2, -0.15) is 0 Å². The molecule has 0 amide bonds. The molecule has 1 aromatic heterocycles. The van der Waals surface area contributed by atoms with Gasteiger partial charge in [-0.05, 0) is 58.1 Å². The summed E-state index contributed by atoms with van der Waals surface area (Å²) in [6.45, 7) is 22.8. The van der Waals surface area contributed by atoms with E-state index >= 15 is 0 Å². The number of hydrogen-bond acceptors (Lipinski definition) is 4. The SMILES string of the molecule is CC(C)c1cccc(C(C)C)c1NCCN(CCNc1c(C(C)C)cccc1C(C)C)Cc1ccccn1.[Cl-].[Cl-].[Ni+2]. The molecule has 0 bridgehead atoms. The third-order valence-electron chi connectivity index (χ3n) is 7.32. The number of hydrogen-bond donors (Lipinski definition) is 2. The van der Waals surface area contributed by atoms with E-state index in [0.29, 0.717) is 23.7 Å². The zero-order valence-corrected chi connectivity index (χ0v) is 28.6. The molecule has 0 aliphatic carbocycles. The minimum Gasteiger partial charge on any atom is -1.00 e. The number of para-hydroxylation sites is 2. The van der Waals surface area contributed by atoms with Crippen LogP contribution in [-0.4, -0.2) is 36.1 Å². The van der Waals surface area contributed by atoms with Crippen LogP contribution in [0.2, 0.25) is 0 Å². The Bertz CT molecular complexity index is 1010. The summed E-state index contributed by atoms with van der Waals surface area (Å²) in [6.07, 6.45) is 1.89. The Morgan fingerprint density at radius 1 is 0.585 bits per heavy atom. The van der Waals surface area contributed by atoms with Crippen LogP contribution in [0.15, 0.2) is 60.8 Å². The second-order valence-electron chi connectivity index (χ2n) is 11.7. The number of benzene rings is 2. The van der Waals surface area contributed by atoms with Crippen LogP contribution in [0.5, 0.6) is 0 Å². The van der Waals surface area contributed by atoms with Crippen molar-refractivity contribution in [3.63, 3.8) is 0 Å². The van der Waals surface area contributed by atoms with E-state index in [4.69, 9.17) is 0 Å². The number of pyridine rings is 1. The van der Waals surface area contributed by atoms with Crippen molar-refractivity contribution in [3.8, 4) is 0 Å². The molecule has 3 rings (SSSR count). The first-order valence-electron chi connectivity index (χ1n) is 14.5. The summed E-state index contributed by atoms with van der Waals surface area (Å²) in [7, 11) is 0. The minimum atomic E-state index is 0. The molecule has 41 heavy (non-hydrogen) atoms. The van der Waals surface area contributed by atoms with Gasteiger partial charge in [0.15, 0.2) is 0 Å². The predicted molar refractivity (Wildman–Crippen MR) is 166 cm³/mol. The van der Waals surface area contributed by atoms with E-state index in [9.17, 15) is 0 Å². The monoisotopic (exact) mass is 642 g/mol. The maximum atomic E-state index is 4.62. The molecule has 0 fully saturated rings. The normalized spacial score (nSPS) is 11.0. The van der Waals surface area contributed by atoms with Crippen LogP contribution in [0.3, 0.4) is 0 Å². The smallest absolute Gasteiger partial charge is 1.00 e. The number of nitrogens with one attached hydrogen (secondary N) is 2. The number of halogens is 2. The van der Waals surface area contributed by atoms with E-state index in [0.717, 1.165) is 38.4 Å². The van der Waals surface area contributed by atoms with Crippen LogP contribution in [0, 0.1) is 0 Å². The van der Waals surface area contributed by atoms with Crippen LogP contribution in [0.1, 0.15) is 107 Å². The first kappa shape index (κ1) is 39.2. The molecule has 2 aromatic carbocycles. The fourth-order valence-electron chi connectivity index (χ4n) is 5.18. The Hall–Kier alpha value is -1.78. The van der Waals surface area contributed by atoms with Crippen LogP contribution in [0.4, 0.5) is 11.4 Å². The zero-order chi connectivity index (χ0) is 27.7. The maximum Gasteiger partial charge on any atom is 2.00 e. The van der Waals surface area contributed by atoms with Crippen molar-refractivity contribution in [2.75, 3.05) is 36.8 Å². The fourth-order valence-corrected chi connectivity index (χ4v) is 5.18. The summed E-state index contributed by atoms with van der Waals surface area (Å²) in [4.78, 5) is 7.13. The zero-order valence-electron chi connectivity index (χ0n) is 26.1. The van der Waals surface area contributed by atoms with Crippen molar-refractivity contribution < 1.29 is 41.3 Å². The van der Waals surface area contributed by atoms with Gasteiger partial charge in [0, 0.05) is 50.3 Å². The van der Waals surface area contributed by atoms with Gasteiger partial charge in [0.1, 0.15) is 0 Å². The number of aromatic nitrogens is 1. The molecule has 0 atom stereocenters. The van der Waals surface area contributed by atoms with Gasteiger partial charge in [0.25, 0.3) is 0 Å². The van der Waals surface area contributed by atoms with Crippen molar-refractivity contribution in [2.24, 2.45) is 0 Å². The topological polar surface area (TPSA) is 40.2 Å². The van der Waals surface area contributed by atoms with E-state index in [1.165, 1.54) is 33.6 Å². The third kappa shape index (κ3) is 11.4. The molecule has 0 spiro atoms. The largest absolute Gasteiger partial charge is 2.00 e. The Morgan fingerprint density at radius 2 is 0.976 bits per heavy atom. The summed E-state index contributed by atoms with van der Waals surface area (Å²) >= 11 is 0. The first-order valence-corrected chi connectivity index (χ1v) is 14.5. The van der Waals surface area contributed by atoms with Crippen molar-refractivity contribution in [2.45, 2.75) is 85.6 Å². The van der Waals surface area contributed by atoms with Crippen molar-refractivity contribution in [1.82, 2.24) is 9.88 Å². The molecule has 1 heterocycles. The van der Waals surface area contributed by atoms with Crippen molar-refractivity contribution >= 4 is 11.4 Å². The first-order chi connectivity index (χ1) is 18.2. The van der Waals surface area contributed by atoms with Gasteiger partial charge in [0.05, 0.1) is 5.69 Å². The van der Waals surface area contributed by atoms with Gasteiger partial charge in [-0.3, -0.25) is 9.88 Å². The van der Waals surface area contributed by atoms with Crippen molar-refractivity contribution in [3.05, 3.63) is 88.7 Å². The molecule has 230 valence electrons. The standard InChI is InChI=1S/C34H50N4.2ClH.Ni/c1-24(2)29-14-11-15-30(25(3)4)33(29)36-19-21-38(23-28-13-9-10-18-35-28)22-20-37-34-31(26(5)6)16-12-17-32(34)27(7)8;;;/h9-18,24-27,36-37H,19-23H2,1-8H3;2*1H;/q;;;+2/p-2. The Morgan fingerprint density at radius 3 is 1.29 bits per heavy atom. The molecular weight excluding hydrogens is 594 g/mol. The Labute approximate surface area is 272 Å². The quantitative estimate of drug-likeness (QED) is 0.265. The molecule has 3 aromatic rings. The van der Waals surface area contributed by atoms with E-state index in [1.54, 1.807) is 0 Å². The molecular formula is C34H50Cl2N4Ni. The molecule has 2 N–H and O–H groups in total. The summed E-state index contributed by atoms with van der Waals surface area (Å²) < 4.78 is 0. The molecule has 0 aliphatic rings. The molecule has 0 unspecified atom stereocenters. The predicted octanol–water partition coefficient (Wildman–Crippen LogP) is 2.61. The minimum absolute atomic E-state index is 0. The fraction of sp³-hybridized carbons (Fsp3) is 0.500. The maximum absolute atomic E-state index is 4.62. The van der Waals surface area contributed by atoms with Crippen LogP contribution < -0.4 is 35.4 Å². The van der Waals surface area contributed by atoms with E-state index in [2.05, 4.69) is 124 Å². The molecule has 0 radical (unpaired) electrons. The Balaban J connectivity index is 0.00000533. The van der Waals surface area contributed by atoms with Crippen LogP contribution >= 0.6 is 0 Å². The van der Waals surface area contributed by atoms with Crippen LogP contribution in [-0.2, 0) is 23.0 Å². The number of rotatable bonds is 14. The van der Waals surface area contributed by atoms with Gasteiger partial charge in [-0.25, -0.2) is 0 Å². The Kier molecular flexibility index (Phi) is 18.6. The van der Waals surface area contributed by atoms with Gasteiger partial charge >= 0.3 is 16.5 Å². The second kappa shape index (κ2) is 19.4. The van der Waals surface area contributed by atoms with Gasteiger partial charge in [-0.1, -0.05) is 97.9 Å². The molecule has 0 saturated carbocycles. The summed E-state index contributed by atoms with van der Waals surface area (Å²) in [5, 5.41) is 7.67. The second-order valence-corrected chi connectivity index (χ2v) is 11.7. The van der Waals surface area contributed by atoms with Gasteiger partial charge in [0.2, 0.25) is 0 Å². The summed E-state index contributed by atoms with van der Waals surface area (Å²) in [6, 6.07) is 19.7. The molecule has 4 nitrogen and oxygen atoms in total. The molecule has 0 saturated heterocycles. The van der Waals surface area contributed by atoms with Gasteiger partial charge in [-0.15, -0.1) is 0 Å². The summed E-state index contributed by atoms with van der Waals surface area (Å²) in [5.41, 5.74) is 9.37. The molecule has 0 aliphatic heterocycles.